The Balaban J connectivity index is 0.00000280. The number of ether oxygens (including phenoxy) is 2. The second-order valence-electron chi connectivity index (χ2n) is 11.4. The van der Waals surface area contributed by atoms with Crippen molar-refractivity contribution in [3.63, 3.8) is 0 Å². The van der Waals surface area contributed by atoms with Crippen LogP contribution in [0.15, 0.2) is 18.2 Å². The van der Waals surface area contributed by atoms with Gasteiger partial charge in [-0.25, -0.2) is 17.6 Å². The van der Waals surface area contributed by atoms with Crippen molar-refractivity contribution >= 4 is 21.8 Å². The molecule has 5 aliphatic rings. The zero-order chi connectivity index (χ0) is 25.1. The number of piperidine rings is 3. The number of nitrogens with zero attached hydrogens (tertiary/aromatic N) is 3. The number of anilines is 1. The fourth-order valence-corrected chi connectivity index (χ4v) is 8.39. The lowest BCUT2D eigenvalue weighted by atomic mass is 9.73. The van der Waals surface area contributed by atoms with Gasteiger partial charge in [-0.3, -0.25) is 4.31 Å². The monoisotopic (exact) mass is 523 g/mol. The number of likely N-dealkylation sites (tertiary alicyclic amines) is 1. The number of amides is 1. The molecule has 1 aromatic rings. The Morgan fingerprint density at radius 2 is 1.86 bits per heavy atom. The number of carbonyl (C=O) groups is 1. The predicted octanol–water partition coefficient (Wildman–Crippen LogP) is 3.50. The lowest BCUT2D eigenvalue weighted by molar-refractivity contribution is -0.0283. The number of benzene rings is 1. The molecule has 1 amide bonds. The molecule has 36 heavy (non-hydrogen) atoms. The summed E-state index contributed by atoms with van der Waals surface area (Å²) < 4.78 is 51.8. The number of carbonyl (C=O) groups excluding carboxylic acids is 1. The van der Waals surface area contributed by atoms with E-state index < -0.39 is 10.0 Å². The highest BCUT2D eigenvalue weighted by atomic mass is 32.2. The van der Waals surface area contributed by atoms with E-state index in [0.717, 1.165) is 70.0 Å². The molecule has 4 saturated heterocycles. The summed E-state index contributed by atoms with van der Waals surface area (Å²) in [4.78, 5) is 17.6. The van der Waals surface area contributed by atoms with Crippen molar-refractivity contribution < 1.29 is 28.5 Å². The second kappa shape index (κ2) is 9.13. The van der Waals surface area contributed by atoms with Crippen LogP contribution in [0.5, 0.6) is 0 Å². The summed E-state index contributed by atoms with van der Waals surface area (Å²) in [7, 11) is -3.43. The molecule has 2 bridgehead atoms. The van der Waals surface area contributed by atoms with Crippen LogP contribution in [0.3, 0.4) is 0 Å². The van der Waals surface area contributed by atoms with Crippen LogP contribution in [0.1, 0.15) is 58.4 Å². The van der Waals surface area contributed by atoms with Crippen LogP contribution in [0.4, 0.5) is 14.9 Å². The van der Waals surface area contributed by atoms with E-state index in [1.54, 1.807) is 12.1 Å². The van der Waals surface area contributed by atoms with E-state index >= 15 is 0 Å². The SMILES string of the molecule is CS(=O)(=O)N1CC2(CCN(C3CC4CCCC(C3)N4C(=O)O[C@H]3CCOC3)CC2)c2cc(F)ccc21.[HH]. The normalized spacial score (nSPS) is 32.1. The van der Waals surface area contributed by atoms with Gasteiger partial charge in [-0.1, -0.05) is 0 Å². The van der Waals surface area contributed by atoms with Crippen molar-refractivity contribution in [3.05, 3.63) is 29.6 Å². The Labute approximate surface area is 214 Å². The van der Waals surface area contributed by atoms with Gasteiger partial charge in [-0.2, -0.15) is 0 Å². The first-order valence-electron chi connectivity index (χ1n) is 13.3. The quantitative estimate of drug-likeness (QED) is 0.604. The van der Waals surface area contributed by atoms with Crippen molar-refractivity contribution in [2.24, 2.45) is 0 Å². The summed E-state index contributed by atoms with van der Waals surface area (Å²) >= 11 is 0. The Morgan fingerprint density at radius 1 is 1.14 bits per heavy atom. The van der Waals surface area contributed by atoms with Crippen LogP contribution in [0.2, 0.25) is 0 Å². The molecule has 5 aliphatic heterocycles. The van der Waals surface area contributed by atoms with Crippen LogP contribution < -0.4 is 4.31 Å². The van der Waals surface area contributed by atoms with E-state index in [9.17, 15) is 17.6 Å². The molecule has 4 fully saturated rings. The lowest BCUT2D eigenvalue weighted by Crippen LogP contribution is -2.60. The summed E-state index contributed by atoms with van der Waals surface area (Å²) in [6.45, 7) is 3.24. The first kappa shape index (κ1) is 24.4. The third-order valence-electron chi connectivity index (χ3n) is 9.23. The van der Waals surface area contributed by atoms with Crippen molar-refractivity contribution in [1.29, 1.82) is 0 Å². The predicted molar refractivity (Wildman–Crippen MR) is 135 cm³/mol. The third kappa shape index (κ3) is 4.28. The van der Waals surface area contributed by atoms with Gasteiger partial charge in [0.15, 0.2) is 0 Å². The van der Waals surface area contributed by atoms with Crippen LogP contribution in [0, 0.1) is 5.82 Å². The Kier molecular flexibility index (Phi) is 6.20. The number of hydrogen-bond acceptors (Lipinski definition) is 6. The van der Waals surface area contributed by atoms with Crippen LogP contribution in [0.25, 0.3) is 0 Å². The molecular weight excluding hydrogens is 485 g/mol. The number of hydrogen-bond donors (Lipinski definition) is 0. The molecule has 10 heteroatoms. The highest BCUT2D eigenvalue weighted by molar-refractivity contribution is 7.92. The Morgan fingerprint density at radius 3 is 2.50 bits per heavy atom. The zero-order valence-corrected chi connectivity index (χ0v) is 21.7. The first-order valence-corrected chi connectivity index (χ1v) is 15.2. The van der Waals surface area contributed by atoms with Crippen LogP contribution in [-0.2, 0) is 24.9 Å². The maximum Gasteiger partial charge on any atom is 0.410 e. The molecule has 0 aromatic heterocycles. The molecule has 1 aromatic carbocycles. The molecule has 0 saturated carbocycles. The van der Waals surface area contributed by atoms with Gasteiger partial charge in [0, 0.05) is 37.9 Å². The van der Waals surface area contributed by atoms with Gasteiger partial charge in [-0.15, -0.1) is 0 Å². The molecule has 0 radical (unpaired) electrons. The summed E-state index contributed by atoms with van der Waals surface area (Å²) in [5.41, 5.74) is 1.11. The molecule has 2 unspecified atom stereocenters. The van der Waals surface area contributed by atoms with Gasteiger partial charge < -0.3 is 19.3 Å². The maximum atomic E-state index is 14.2. The third-order valence-corrected chi connectivity index (χ3v) is 10.4. The van der Waals surface area contributed by atoms with Crippen molar-refractivity contribution in [1.82, 2.24) is 9.80 Å². The summed E-state index contributed by atoms with van der Waals surface area (Å²) in [5.74, 6) is -0.317. The summed E-state index contributed by atoms with van der Waals surface area (Å²) in [6.07, 6.45) is 8.35. The van der Waals surface area contributed by atoms with Crippen LogP contribution in [-0.4, -0.2) is 87.6 Å². The average molecular weight is 524 g/mol. The summed E-state index contributed by atoms with van der Waals surface area (Å²) in [5, 5.41) is 0. The number of rotatable bonds is 3. The van der Waals surface area contributed by atoms with Gasteiger partial charge in [0.1, 0.15) is 11.9 Å². The smallest absolute Gasteiger partial charge is 0.410 e. The van der Waals surface area contributed by atoms with E-state index in [0.29, 0.717) is 31.5 Å². The standard InChI is InChI=1S/C26H36FN3O5S.H2/c1-36(32,33)29-17-26(23-13-18(27)5-6-24(23)29)8-10-28(11-9-26)21-14-19-3-2-4-20(15-21)30(19)25(31)35-22-7-12-34-16-22;/h5-6,13,19-22H,2-4,7-12,14-17H2,1H3;1H/t19?,20?,21?,22-;/m0./s1. The van der Waals surface area contributed by atoms with Gasteiger partial charge in [0.2, 0.25) is 10.0 Å². The number of sulfonamides is 1. The fraction of sp³-hybridized carbons (Fsp3) is 0.731. The average Bonchev–Trinajstić information content (AvgIpc) is 3.45. The minimum absolute atomic E-state index is 0. The largest absolute Gasteiger partial charge is 0.444 e. The molecule has 0 N–H and O–H groups in total. The van der Waals surface area contributed by atoms with E-state index in [1.165, 1.54) is 16.6 Å². The second-order valence-corrected chi connectivity index (χ2v) is 13.3. The van der Waals surface area contributed by atoms with Crippen molar-refractivity contribution in [2.45, 2.75) is 81.0 Å². The van der Waals surface area contributed by atoms with Gasteiger partial charge in [0.05, 0.1) is 25.2 Å². The number of fused-ring (bicyclic) bond motifs is 4. The fourth-order valence-electron chi connectivity index (χ4n) is 7.39. The van der Waals surface area contributed by atoms with Gasteiger partial charge in [-0.05, 0) is 81.8 Å². The topological polar surface area (TPSA) is 79.4 Å². The highest BCUT2D eigenvalue weighted by Gasteiger charge is 2.50. The minimum atomic E-state index is -3.43. The zero-order valence-electron chi connectivity index (χ0n) is 20.9. The molecule has 6 rings (SSSR count). The van der Waals surface area contributed by atoms with Gasteiger partial charge in [0.25, 0.3) is 0 Å². The molecule has 0 aliphatic carbocycles. The van der Waals surface area contributed by atoms with E-state index in [-0.39, 0.29) is 36.9 Å². The molecule has 1 spiro atoms. The number of halogens is 1. The van der Waals surface area contributed by atoms with E-state index in [4.69, 9.17) is 9.47 Å². The Bertz CT molecular complexity index is 1110. The molecule has 3 atom stereocenters. The lowest BCUT2D eigenvalue weighted by Gasteiger charge is -2.52. The first-order chi connectivity index (χ1) is 17.2. The van der Waals surface area contributed by atoms with Crippen molar-refractivity contribution in [2.75, 3.05) is 43.4 Å². The molecule has 8 nitrogen and oxygen atoms in total. The van der Waals surface area contributed by atoms with Crippen LogP contribution >= 0.6 is 0 Å². The summed E-state index contributed by atoms with van der Waals surface area (Å²) in [6, 6.07) is 5.31. The minimum Gasteiger partial charge on any atom is -0.444 e. The van der Waals surface area contributed by atoms with E-state index in [1.807, 2.05) is 4.90 Å². The molecular formula is C26H38FN3O5S. The van der Waals surface area contributed by atoms with Gasteiger partial charge >= 0.3 is 6.09 Å². The van der Waals surface area contributed by atoms with E-state index in [2.05, 4.69) is 4.90 Å². The van der Waals surface area contributed by atoms with Crippen molar-refractivity contribution in [3.8, 4) is 0 Å². The Hall–Kier alpha value is -1.91. The molecule has 5 heterocycles. The highest BCUT2D eigenvalue weighted by Crippen LogP contribution is 2.49. The molecule has 200 valence electrons. The maximum absolute atomic E-state index is 14.2.